The van der Waals surface area contributed by atoms with Gasteiger partial charge in [-0.1, -0.05) is 0 Å². The minimum absolute atomic E-state index is 0.288. The lowest BCUT2D eigenvalue weighted by Gasteiger charge is -2.20. The standard InChI is InChI=1S/C10H11FIN3/c1-15(4-2-3-13)10-5-7(11)8(12)6-9(10)14/h5-6H,2,4,14H2,1H3. The van der Waals surface area contributed by atoms with Gasteiger partial charge in [-0.2, -0.15) is 5.26 Å². The Hall–Kier alpha value is -1.03. The summed E-state index contributed by atoms with van der Waals surface area (Å²) >= 11 is 1.89. The Labute approximate surface area is 102 Å². The predicted molar refractivity (Wildman–Crippen MR) is 67.0 cm³/mol. The molecular formula is C10H11FIN3. The van der Waals surface area contributed by atoms with Crippen LogP contribution in [0.4, 0.5) is 15.8 Å². The van der Waals surface area contributed by atoms with Gasteiger partial charge in [-0.15, -0.1) is 0 Å². The van der Waals surface area contributed by atoms with Crippen LogP contribution in [-0.2, 0) is 0 Å². The van der Waals surface area contributed by atoms with Crippen molar-refractivity contribution in [2.75, 3.05) is 24.2 Å². The molecule has 0 aliphatic carbocycles. The maximum atomic E-state index is 13.3. The lowest BCUT2D eigenvalue weighted by Crippen LogP contribution is -2.19. The highest BCUT2D eigenvalue weighted by molar-refractivity contribution is 14.1. The van der Waals surface area contributed by atoms with Gasteiger partial charge in [0.05, 0.1) is 27.4 Å². The molecule has 5 heteroatoms. The second kappa shape index (κ2) is 5.16. The topological polar surface area (TPSA) is 53.0 Å². The van der Waals surface area contributed by atoms with E-state index in [1.54, 1.807) is 18.0 Å². The Morgan fingerprint density at radius 3 is 2.87 bits per heavy atom. The SMILES string of the molecule is CN(CCC#N)c1cc(F)c(I)cc1N. The normalized spacial score (nSPS) is 9.73. The van der Waals surface area contributed by atoms with E-state index in [-0.39, 0.29) is 5.82 Å². The zero-order chi connectivity index (χ0) is 11.4. The summed E-state index contributed by atoms with van der Waals surface area (Å²) in [6, 6.07) is 5.02. The molecule has 0 fully saturated rings. The molecule has 2 N–H and O–H groups in total. The third-order valence-corrected chi connectivity index (χ3v) is 2.87. The first-order valence-corrected chi connectivity index (χ1v) is 5.46. The van der Waals surface area contributed by atoms with Crippen LogP contribution >= 0.6 is 22.6 Å². The number of anilines is 2. The summed E-state index contributed by atoms with van der Waals surface area (Å²) in [7, 11) is 1.79. The van der Waals surface area contributed by atoms with E-state index in [0.717, 1.165) is 0 Å². The van der Waals surface area contributed by atoms with Crippen LogP contribution in [0.2, 0.25) is 0 Å². The average Bonchev–Trinajstić information content (AvgIpc) is 2.20. The Kier molecular flexibility index (Phi) is 4.15. The number of benzene rings is 1. The van der Waals surface area contributed by atoms with Crippen LogP contribution in [0.1, 0.15) is 6.42 Å². The molecule has 15 heavy (non-hydrogen) atoms. The molecule has 0 amide bonds. The molecule has 0 heterocycles. The molecule has 0 unspecified atom stereocenters. The number of hydrogen-bond acceptors (Lipinski definition) is 3. The Morgan fingerprint density at radius 2 is 2.27 bits per heavy atom. The summed E-state index contributed by atoms with van der Waals surface area (Å²) in [5, 5.41) is 8.45. The van der Waals surface area contributed by atoms with Gasteiger partial charge in [-0.25, -0.2) is 4.39 Å². The van der Waals surface area contributed by atoms with E-state index in [2.05, 4.69) is 0 Å². The van der Waals surface area contributed by atoms with Crippen LogP contribution in [0, 0.1) is 20.7 Å². The lowest BCUT2D eigenvalue weighted by molar-refractivity contribution is 0.620. The van der Waals surface area contributed by atoms with E-state index in [1.807, 2.05) is 28.7 Å². The quantitative estimate of drug-likeness (QED) is 0.687. The van der Waals surface area contributed by atoms with Crippen molar-refractivity contribution in [2.45, 2.75) is 6.42 Å². The van der Waals surface area contributed by atoms with Crippen molar-refractivity contribution in [3.8, 4) is 6.07 Å². The number of nitriles is 1. The summed E-state index contributed by atoms with van der Waals surface area (Å²) in [6.45, 7) is 0.542. The molecule has 0 radical (unpaired) electrons. The number of nitrogens with two attached hydrogens (primary N) is 1. The Bertz CT molecular complexity index is 400. The molecule has 1 aromatic rings. The van der Waals surface area contributed by atoms with Crippen LogP contribution < -0.4 is 10.6 Å². The van der Waals surface area contributed by atoms with Crippen LogP contribution in [-0.4, -0.2) is 13.6 Å². The molecule has 80 valence electrons. The minimum atomic E-state index is -0.288. The van der Waals surface area contributed by atoms with Gasteiger partial charge >= 0.3 is 0 Å². The molecular weight excluding hydrogens is 308 g/mol. The van der Waals surface area contributed by atoms with E-state index < -0.39 is 0 Å². The second-order valence-electron chi connectivity index (χ2n) is 3.15. The van der Waals surface area contributed by atoms with E-state index in [4.69, 9.17) is 11.0 Å². The molecule has 0 saturated heterocycles. The van der Waals surface area contributed by atoms with Crippen molar-refractivity contribution in [2.24, 2.45) is 0 Å². The van der Waals surface area contributed by atoms with Gasteiger partial charge in [0.15, 0.2) is 0 Å². The monoisotopic (exact) mass is 319 g/mol. The number of rotatable bonds is 3. The predicted octanol–water partition coefficient (Wildman–Crippen LogP) is 2.36. The van der Waals surface area contributed by atoms with Crippen LogP contribution in [0.5, 0.6) is 0 Å². The lowest BCUT2D eigenvalue weighted by atomic mass is 10.2. The zero-order valence-electron chi connectivity index (χ0n) is 8.30. The zero-order valence-corrected chi connectivity index (χ0v) is 10.5. The fourth-order valence-corrected chi connectivity index (χ4v) is 1.71. The first-order chi connectivity index (χ1) is 7.06. The molecule has 1 aromatic carbocycles. The number of nitrogen functional groups attached to an aromatic ring is 1. The summed E-state index contributed by atoms with van der Waals surface area (Å²) in [4.78, 5) is 1.78. The molecule has 0 spiro atoms. The number of hydrogen-bond donors (Lipinski definition) is 1. The van der Waals surface area contributed by atoms with Gasteiger partial charge in [0, 0.05) is 19.7 Å². The molecule has 0 saturated carbocycles. The first-order valence-electron chi connectivity index (χ1n) is 4.39. The smallest absolute Gasteiger partial charge is 0.138 e. The summed E-state index contributed by atoms with van der Waals surface area (Å²) in [5.41, 5.74) is 6.92. The fraction of sp³-hybridized carbons (Fsp3) is 0.300. The first kappa shape index (κ1) is 12.0. The van der Waals surface area contributed by atoms with Crippen molar-refractivity contribution in [1.29, 1.82) is 5.26 Å². The third kappa shape index (κ3) is 2.96. The minimum Gasteiger partial charge on any atom is -0.397 e. The van der Waals surface area contributed by atoms with Crippen molar-refractivity contribution in [3.63, 3.8) is 0 Å². The van der Waals surface area contributed by atoms with Gasteiger partial charge in [0.1, 0.15) is 5.82 Å². The van der Waals surface area contributed by atoms with E-state index >= 15 is 0 Å². The molecule has 0 aromatic heterocycles. The molecule has 0 bridgehead atoms. The highest BCUT2D eigenvalue weighted by Gasteiger charge is 2.09. The molecule has 0 atom stereocenters. The summed E-state index contributed by atoms with van der Waals surface area (Å²) in [5.74, 6) is -0.288. The Balaban J connectivity index is 2.94. The van der Waals surface area contributed by atoms with E-state index in [9.17, 15) is 4.39 Å². The maximum absolute atomic E-state index is 13.3. The average molecular weight is 319 g/mol. The van der Waals surface area contributed by atoms with Crippen molar-refractivity contribution >= 4 is 34.0 Å². The Morgan fingerprint density at radius 1 is 1.60 bits per heavy atom. The molecule has 0 aliphatic heterocycles. The number of halogens is 2. The van der Waals surface area contributed by atoms with Crippen molar-refractivity contribution in [1.82, 2.24) is 0 Å². The van der Waals surface area contributed by atoms with Crippen LogP contribution in [0.25, 0.3) is 0 Å². The molecule has 0 aliphatic rings. The second-order valence-corrected chi connectivity index (χ2v) is 4.32. The number of nitrogens with zero attached hydrogens (tertiary/aromatic N) is 2. The molecule has 3 nitrogen and oxygen atoms in total. The largest absolute Gasteiger partial charge is 0.397 e. The maximum Gasteiger partial charge on any atom is 0.138 e. The van der Waals surface area contributed by atoms with Gasteiger partial charge in [0.2, 0.25) is 0 Å². The molecule has 1 rings (SSSR count). The fourth-order valence-electron chi connectivity index (χ4n) is 1.22. The summed E-state index contributed by atoms with van der Waals surface area (Å²) in [6.07, 6.45) is 0.392. The highest BCUT2D eigenvalue weighted by atomic mass is 127. The van der Waals surface area contributed by atoms with Crippen molar-refractivity contribution in [3.05, 3.63) is 21.5 Å². The van der Waals surface area contributed by atoms with Gasteiger partial charge < -0.3 is 10.6 Å². The van der Waals surface area contributed by atoms with E-state index in [1.165, 1.54) is 6.07 Å². The van der Waals surface area contributed by atoms with Crippen molar-refractivity contribution < 1.29 is 4.39 Å². The highest BCUT2D eigenvalue weighted by Crippen LogP contribution is 2.26. The van der Waals surface area contributed by atoms with E-state index in [0.29, 0.717) is 27.9 Å². The van der Waals surface area contributed by atoms with Gasteiger partial charge in [0.25, 0.3) is 0 Å². The van der Waals surface area contributed by atoms with Crippen LogP contribution in [0.3, 0.4) is 0 Å². The van der Waals surface area contributed by atoms with Crippen LogP contribution in [0.15, 0.2) is 12.1 Å². The third-order valence-electron chi connectivity index (χ3n) is 2.04. The summed E-state index contributed by atoms with van der Waals surface area (Å²) < 4.78 is 13.8. The van der Waals surface area contributed by atoms with Gasteiger partial charge in [-0.05, 0) is 28.7 Å². The van der Waals surface area contributed by atoms with Gasteiger partial charge in [-0.3, -0.25) is 0 Å².